The van der Waals surface area contributed by atoms with Gasteiger partial charge < -0.3 is 29.0 Å². The number of carbonyl (C=O) groups is 2. The molecule has 13 heteroatoms. The van der Waals surface area contributed by atoms with Crippen LogP contribution in [0.25, 0.3) is 11.1 Å². The van der Waals surface area contributed by atoms with Crippen molar-refractivity contribution in [3.05, 3.63) is 76.0 Å². The van der Waals surface area contributed by atoms with Crippen LogP contribution >= 0.6 is 11.6 Å². The van der Waals surface area contributed by atoms with Crippen molar-refractivity contribution in [1.82, 2.24) is 15.2 Å². The molecule has 9 nitrogen and oxygen atoms in total. The van der Waals surface area contributed by atoms with Crippen molar-refractivity contribution in [2.75, 3.05) is 44.3 Å². The van der Waals surface area contributed by atoms with Crippen molar-refractivity contribution in [3.8, 4) is 17.0 Å². The molecule has 1 N–H and O–H groups in total. The van der Waals surface area contributed by atoms with Gasteiger partial charge in [-0.05, 0) is 56.1 Å². The molecule has 2 unspecified atom stereocenters. The van der Waals surface area contributed by atoms with Crippen molar-refractivity contribution in [2.24, 2.45) is 5.92 Å². The number of halogens is 3. The molecule has 0 radical (unpaired) electrons. The molecule has 4 heterocycles. The molecular weight excluding hydrogens is 694 g/mol. The van der Waals surface area contributed by atoms with Crippen LogP contribution in [-0.4, -0.2) is 80.7 Å². The van der Waals surface area contributed by atoms with E-state index >= 15 is 8.78 Å². The van der Waals surface area contributed by atoms with Crippen LogP contribution in [0.3, 0.4) is 0 Å². The lowest BCUT2D eigenvalue weighted by Crippen LogP contribution is -2.63. The second-order valence-electron chi connectivity index (χ2n) is 16.2. The zero-order valence-electron chi connectivity index (χ0n) is 30.6. The number of benzene rings is 1. The molecule has 1 aromatic heterocycles. The van der Waals surface area contributed by atoms with Crippen LogP contribution in [0.2, 0.25) is 23.2 Å². The number of pyridine rings is 1. The summed E-state index contributed by atoms with van der Waals surface area (Å²) in [6.07, 6.45) is 10.9. The Kier molecular flexibility index (Phi) is 9.69. The SMILES string of the molecule is CC(C)(C)OC(=O)N1CCN2c3cc(F)c(Cl)c4c3CC2(C1)C1=CC=CC(C=C1)CNC(=O)c1cnc(OCCO[Si](C)(C)C(C)(C)C)c(F)c1-4. The molecule has 3 aliphatic heterocycles. The van der Waals surface area contributed by atoms with E-state index in [1.54, 1.807) is 4.90 Å². The Morgan fingerprint density at radius 2 is 1.86 bits per heavy atom. The number of rotatable bonds is 5. The first-order valence-corrected chi connectivity index (χ1v) is 20.7. The molecule has 2 aromatic rings. The van der Waals surface area contributed by atoms with Crippen molar-refractivity contribution < 1.29 is 32.3 Å². The van der Waals surface area contributed by atoms with Gasteiger partial charge >= 0.3 is 6.09 Å². The van der Waals surface area contributed by atoms with Crippen molar-refractivity contribution in [3.63, 3.8) is 0 Å². The summed E-state index contributed by atoms with van der Waals surface area (Å²) in [5.74, 6) is -2.80. The van der Waals surface area contributed by atoms with Gasteiger partial charge in [0.15, 0.2) is 14.1 Å². The first kappa shape index (κ1) is 37.0. The maximum Gasteiger partial charge on any atom is 0.410 e. The standard InChI is InChI=1S/C38H47ClF2N4O5Si/c1-36(2,3)50-35(47)44-14-15-45-28-18-27(40)31(39)29-25(28)19-38(45,22-44)24-11-9-10-23(12-13-24)20-42-33(46)26-21-43-34(32(41)30(26)29)48-16-17-49-51(7,8)37(4,5)6/h9-13,18,21,23H,14-17,19-20,22H2,1-8H3,(H,42,46). The highest BCUT2D eigenvalue weighted by atomic mass is 35.5. The third kappa shape index (κ3) is 6.94. The Labute approximate surface area is 304 Å². The lowest BCUT2D eigenvalue weighted by Gasteiger charge is -2.49. The molecule has 6 rings (SSSR count). The normalized spacial score (nSPS) is 21.5. The van der Waals surface area contributed by atoms with E-state index in [-0.39, 0.29) is 71.3 Å². The first-order chi connectivity index (χ1) is 23.8. The minimum absolute atomic E-state index is 0.0155. The highest BCUT2D eigenvalue weighted by Gasteiger charge is 2.52. The van der Waals surface area contributed by atoms with E-state index in [0.717, 1.165) is 5.57 Å². The summed E-state index contributed by atoms with van der Waals surface area (Å²) in [5.41, 5.74) is 0.126. The highest BCUT2D eigenvalue weighted by molar-refractivity contribution is 6.74. The predicted molar refractivity (Wildman–Crippen MR) is 197 cm³/mol. The lowest BCUT2D eigenvalue weighted by molar-refractivity contribution is 0.0186. The van der Waals surface area contributed by atoms with Crippen LogP contribution in [-0.2, 0) is 15.6 Å². The van der Waals surface area contributed by atoms with E-state index in [9.17, 15) is 9.59 Å². The Morgan fingerprint density at radius 3 is 2.57 bits per heavy atom. The second kappa shape index (κ2) is 13.3. The number of nitrogens with one attached hydrogen (secondary N) is 1. The minimum atomic E-state index is -2.10. The van der Waals surface area contributed by atoms with Gasteiger partial charge in [-0.3, -0.25) is 4.79 Å². The first-order valence-electron chi connectivity index (χ1n) is 17.4. The molecule has 0 saturated carbocycles. The van der Waals surface area contributed by atoms with Gasteiger partial charge in [-0.1, -0.05) is 62.8 Å². The summed E-state index contributed by atoms with van der Waals surface area (Å²) in [4.78, 5) is 35.3. The quantitative estimate of drug-likeness (QED) is 0.247. The Balaban J connectivity index is 1.48. The fraction of sp³-hybridized carbons (Fsp3) is 0.500. The largest absolute Gasteiger partial charge is 0.473 e. The molecule has 51 heavy (non-hydrogen) atoms. The van der Waals surface area contributed by atoms with Gasteiger partial charge in [-0.2, -0.15) is 0 Å². The Morgan fingerprint density at radius 1 is 1.12 bits per heavy atom. The van der Waals surface area contributed by atoms with E-state index in [2.05, 4.69) is 49.1 Å². The van der Waals surface area contributed by atoms with E-state index in [1.807, 2.05) is 51.2 Å². The molecule has 4 bridgehead atoms. The number of ether oxygens (including phenoxy) is 2. The smallest absolute Gasteiger partial charge is 0.410 e. The average Bonchev–Trinajstić information content (AvgIpc) is 3.17. The summed E-state index contributed by atoms with van der Waals surface area (Å²) in [5, 5.41) is 2.56. The maximum atomic E-state index is 16.9. The molecule has 1 saturated heterocycles. The van der Waals surface area contributed by atoms with Crippen LogP contribution < -0.4 is 15.0 Å². The number of allylic oxidation sites excluding steroid dienone is 2. The second-order valence-corrected chi connectivity index (χ2v) is 21.4. The summed E-state index contributed by atoms with van der Waals surface area (Å²) in [6.45, 7) is 17.4. The zero-order valence-corrected chi connectivity index (χ0v) is 32.3. The number of nitrogens with zero attached hydrogens (tertiary/aromatic N) is 3. The predicted octanol–water partition coefficient (Wildman–Crippen LogP) is 7.84. The summed E-state index contributed by atoms with van der Waals surface area (Å²) < 4.78 is 50.8. The number of fused-ring (bicyclic) bond motifs is 5. The van der Waals surface area contributed by atoms with E-state index in [0.29, 0.717) is 24.3 Å². The van der Waals surface area contributed by atoms with Crippen molar-refractivity contribution in [1.29, 1.82) is 0 Å². The van der Waals surface area contributed by atoms with Gasteiger partial charge in [-0.15, -0.1) is 0 Å². The number of hydrogen-bond acceptors (Lipinski definition) is 7. The molecule has 4 aliphatic rings. The van der Waals surface area contributed by atoms with E-state index in [1.165, 1.54) is 12.3 Å². The third-order valence-corrected chi connectivity index (χ3v) is 15.5. The molecule has 2 atom stereocenters. The van der Waals surface area contributed by atoms with Gasteiger partial charge in [0, 0.05) is 55.0 Å². The van der Waals surface area contributed by atoms with E-state index in [4.69, 9.17) is 25.5 Å². The summed E-state index contributed by atoms with van der Waals surface area (Å²) in [7, 11) is -2.10. The molecular formula is C38H47ClF2N4O5Si. The third-order valence-electron chi connectivity index (χ3n) is 10.5. The highest BCUT2D eigenvalue weighted by Crippen LogP contribution is 2.53. The lowest BCUT2D eigenvalue weighted by atomic mass is 9.81. The number of anilines is 1. The van der Waals surface area contributed by atoms with Crippen molar-refractivity contribution >= 4 is 37.6 Å². The van der Waals surface area contributed by atoms with Gasteiger partial charge in [0.2, 0.25) is 0 Å². The molecule has 1 aliphatic carbocycles. The minimum Gasteiger partial charge on any atom is -0.473 e. The molecule has 1 aromatic carbocycles. The Bertz CT molecular complexity index is 1850. The maximum absolute atomic E-state index is 16.9. The summed E-state index contributed by atoms with van der Waals surface area (Å²) in [6, 6.07) is 1.37. The van der Waals surface area contributed by atoms with Gasteiger partial charge in [0.1, 0.15) is 18.0 Å². The zero-order chi connectivity index (χ0) is 37.1. The summed E-state index contributed by atoms with van der Waals surface area (Å²) >= 11 is 6.80. The monoisotopic (exact) mass is 740 g/mol. The number of piperazine rings is 1. The molecule has 1 spiro atoms. The van der Waals surface area contributed by atoms with Crippen LogP contribution in [0.1, 0.15) is 57.5 Å². The number of aromatic nitrogens is 1. The van der Waals surface area contributed by atoms with Crippen molar-refractivity contribution in [2.45, 2.75) is 77.2 Å². The van der Waals surface area contributed by atoms with Crippen LogP contribution in [0.5, 0.6) is 5.88 Å². The van der Waals surface area contributed by atoms with Gasteiger partial charge in [-0.25, -0.2) is 18.6 Å². The van der Waals surface area contributed by atoms with Crippen LogP contribution in [0.4, 0.5) is 19.3 Å². The molecule has 1 fully saturated rings. The van der Waals surface area contributed by atoms with E-state index < -0.39 is 43.1 Å². The van der Waals surface area contributed by atoms with Gasteiger partial charge in [0.25, 0.3) is 11.8 Å². The topological polar surface area (TPSA) is 93.2 Å². The molecule has 274 valence electrons. The average molecular weight is 741 g/mol. The fourth-order valence-corrected chi connectivity index (χ4v) is 8.20. The molecule has 2 amide bonds. The van der Waals surface area contributed by atoms with Gasteiger partial charge in [0.05, 0.1) is 29.3 Å². The fourth-order valence-electron chi connectivity index (χ4n) is 6.91. The number of hydrogen-bond donors (Lipinski definition) is 1. The number of carbonyl (C=O) groups excluding carboxylic acids is 2. The van der Waals surface area contributed by atoms with Crippen LogP contribution in [0, 0.1) is 17.6 Å². The number of amides is 2. The Hall–Kier alpha value is -3.74. The van der Waals surface area contributed by atoms with Crippen LogP contribution in [0.15, 0.2) is 48.2 Å².